The van der Waals surface area contributed by atoms with E-state index in [0.717, 1.165) is 16.2 Å². The van der Waals surface area contributed by atoms with Crippen LogP contribution in [-0.4, -0.2) is 22.2 Å². The van der Waals surface area contributed by atoms with Crippen LogP contribution in [0.1, 0.15) is 21.0 Å². The number of thiophene rings is 1. The Hall–Kier alpha value is -1.62. The zero-order chi connectivity index (χ0) is 10.6. The van der Waals surface area contributed by atoms with Crippen molar-refractivity contribution >= 4 is 29.4 Å². The third kappa shape index (κ3) is 3.02. The quantitative estimate of drug-likeness (QED) is 0.799. The zero-order valence-electron chi connectivity index (χ0n) is 7.14. The molecule has 5 heteroatoms. The lowest BCUT2D eigenvalue weighted by atomic mass is 10.3. The molecule has 0 amide bonds. The second-order valence-corrected chi connectivity index (χ2v) is 3.62. The highest BCUT2D eigenvalue weighted by atomic mass is 32.1. The Morgan fingerprint density at radius 3 is 2.57 bits per heavy atom. The van der Waals surface area contributed by atoms with Crippen molar-refractivity contribution in [2.75, 3.05) is 0 Å². The molecule has 4 nitrogen and oxygen atoms in total. The van der Waals surface area contributed by atoms with Gasteiger partial charge in [0.05, 0.1) is 6.42 Å². The summed E-state index contributed by atoms with van der Waals surface area (Å²) in [5.41, 5.74) is 0. The van der Waals surface area contributed by atoms with Gasteiger partial charge in [0.15, 0.2) is 0 Å². The third-order valence-corrected chi connectivity index (χ3v) is 2.45. The molecule has 0 spiro atoms. The molecule has 1 aromatic heterocycles. The highest BCUT2D eigenvalue weighted by molar-refractivity contribution is 7.14. The number of hydrogen-bond acceptors (Lipinski definition) is 3. The highest BCUT2D eigenvalue weighted by Crippen LogP contribution is 2.17. The van der Waals surface area contributed by atoms with Gasteiger partial charge >= 0.3 is 11.9 Å². The van der Waals surface area contributed by atoms with Crippen LogP contribution in [0.5, 0.6) is 0 Å². The first-order valence-corrected chi connectivity index (χ1v) is 4.62. The van der Waals surface area contributed by atoms with Crippen LogP contribution in [0.4, 0.5) is 0 Å². The number of carboxylic acids is 2. The predicted molar refractivity (Wildman–Crippen MR) is 52.6 cm³/mol. The maximum absolute atomic E-state index is 10.5. The minimum Gasteiger partial charge on any atom is -0.481 e. The minimum absolute atomic E-state index is 0.0553. The van der Waals surface area contributed by atoms with Gasteiger partial charge in [0, 0.05) is 4.88 Å². The van der Waals surface area contributed by atoms with E-state index < -0.39 is 11.9 Å². The van der Waals surface area contributed by atoms with E-state index in [4.69, 9.17) is 10.2 Å². The Bertz CT molecular complexity index is 378. The monoisotopic (exact) mass is 212 g/mol. The average Bonchev–Trinajstić information content (AvgIpc) is 2.52. The van der Waals surface area contributed by atoms with Crippen LogP contribution in [0, 0.1) is 0 Å². The molecule has 0 fully saturated rings. The van der Waals surface area contributed by atoms with Crippen molar-refractivity contribution in [2.45, 2.75) is 6.42 Å². The summed E-state index contributed by atoms with van der Waals surface area (Å²) in [5.74, 6) is -1.87. The molecule has 1 aromatic rings. The molecule has 0 aromatic carbocycles. The van der Waals surface area contributed by atoms with E-state index in [0.29, 0.717) is 0 Å². The molecular formula is C9H8O4S. The molecule has 0 aliphatic rings. The first-order valence-electron chi connectivity index (χ1n) is 3.81. The van der Waals surface area contributed by atoms with Gasteiger partial charge in [-0.15, -0.1) is 11.3 Å². The van der Waals surface area contributed by atoms with Crippen molar-refractivity contribution in [1.29, 1.82) is 0 Å². The Balaban J connectivity index is 2.64. The van der Waals surface area contributed by atoms with Gasteiger partial charge in [0.1, 0.15) is 4.88 Å². The smallest absolute Gasteiger partial charge is 0.345 e. The van der Waals surface area contributed by atoms with E-state index in [1.807, 2.05) is 0 Å². The van der Waals surface area contributed by atoms with Crippen molar-refractivity contribution in [2.24, 2.45) is 0 Å². The van der Waals surface area contributed by atoms with Crippen LogP contribution >= 0.6 is 11.3 Å². The summed E-state index contributed by atoms with van der Waals surface area (Å²) in [5, 5.41) is 16.9. The topological polar surface area (TPSA) is 74.6 Å². The van der Waals surface area contributed by atoms with E-state index in [1.165, 1.54) is 12.1 Å². The lowest BCUT2D eigenvalue weighted by Gasteiger charge is -1.84. The fourth-order valence-electron chi connectivity index (χ4n) is 0.833. The summed E-state index contributed by atoms with van der Waals surface area (Å²) in [6, 6.07) is 3.14. The van der Waals surface area contributed by atoms with E-state index >= 15 is 0 Å². The normalized spacial score (nSPS) is 10.6. The fourth-order valence-corrected chi connectivity index (χ4v) is 1.61. The van der Waals surface area contributed by atoms with Gasteiger partial charge in [-0.1, -0.05) is 6.08 Å². The summed E-state index contributed by atoms with van der Waals surface area (Å²) >= 11 is 1.11. The third-order valence-electron chi connectivity index (χ3n) is 1.41. The average molecular weight is 212 g/mol. The minimum atomic E-state index is -0.965. The van der Waals surface area contributed by atoms with E-state index in [2.05, 4.69) is 0 Å². The summed E-state index contributed by atoms with van der Waals surface area (Å²) in [6.45, 7) is 0. The fraction of sp³-hybridized carbons (Fsp3) is 0.111. The zero-order valence-corrected chi connectivity index (χ0v) is 7.95. The largest absolute Gasteiger partial charge is 0.481 e. The highest BCUT2D eigenvalue weighted by Gasteiger charge is 2.04. The van der Waals surface area contributed by atoms with Crippen LogP contribution in [-0.2, 0) is 4.79 Å². The van der Waals surface area contributed by atoms with Gasteiger partial charge in [-0.2, -0.15) is 0 Å². The molecule has 1 rings (SSSR count). The van der Waals surface area contributed by atoms with E-state index in [9.17, 15) is 9.59 Å². The van der Waals surface area contributed by atoms with E-state index in [1.54, 1.807) is 12.1 Å². The molecule has 0 aliphatic heterocycles. The second-order valence-electron chi connectivity index (χ2n) is 2.51. The Kier molecular flexibility index (Phi) is 3.41. The molecule has 74 valence electrons. The number of rotatable bonds is 4. The molecule has 0 saturated heterocycles. The Labute approximate surface area is 84.1 Å². The number of aromatic carboxylic acids is 1. The summed E-state index contributed by atoms with van der Waals surface area (Å²) in [6.07, 6.45) is 3.03. The molecule has 14 heavy (non-hydrogen) atoms. The van der Waals surface area contributed by atoms with Gasteiger partial charge in [0.2, 0.25) is 0 Å². The lowest BCUT2D eigenvalue weighted by Crippen LogP contribution is -1.89. The molecule has 0 atom stereocenters. The van der Waals surface area contributed by atoms with E-state index in [-0.39, 0.29) is 11.3 Å². The second kappa shape index (κ2) is 4.57. The molecule has 2 N–H and O–H groups in total. The Morgan fingerprint density at radius 1 is 1.36 bits per heavy atom. The van der Waals surface area contributed by atoms with Crippen LogP contribution in [0.25, 0.3) is 6.08 Å². The van der Waals surface area contributed by atoms with Crippen molar-refractivity contribution in [3.8, 4) is 0 Å². The summed E-state index contributed by atoms with van der Waals surface area (Å²) in [7, 11) is 0. The maximum Gasteiger partial charge on any atom is 0.345 e. The molecule has 0 bridgehead atoms. The Morgan fingerprint density at radius 2 is 2.07 bits per heavy atom. The van der Waals surface area contributed by atoms with Gasteiger partial charge in [-0.25, -0.2) is 4.79 Å². The molecule has 0 saturated carbocycles. The van der Waals surface area contributed by atoms with Crippen molar-refractivity contribution in [3.05, 3.63) is 28.0 Å². The van der Waals surface area contributed by atoms with Crippen LogP contribution in [0.2, 0.25) is 0 Å². The number of carbonyl (C=O) groups is 2. The number of hydrogen-bond donors (Lipinski definition) is 2. The van der Waals surface area contributed by atoms with Gasteiger partial charge < -0.3 is 10.2 Å². The van der Waals surface area contributed by atoms with Crippen molar-refractivity contribution in [3.63, 3.8) is 0 Å². The first-order chi connectivity index (χ1) is 6.59. The van der Waals surface area contributed by atoms with Gasteiger partial charge in [-0.3, -0.25) is 4.79 Å². The van der Waals surface area contributed by atoms with Crippen LogP contribution in [0.3, 0.4) is 0 Å². The predicted octanol–water partition coefficient (Wildman–Crippen LogP) is 1.93. The molecule has 0 unspecified atom stereocenters. The van der Waals surface area contributed by atoms with Crippen molar-refractivity contribution in [1.82, 2.24) is 0 Å². The molecule has 0 aliphatic carbocycles. The SMILES string of the molecule is O=C(O)CC=Cc1ccc(C(=O)O)s1. The lowest BCUT2D eigenvalue weighted by molar-refractivity contribution is -0.135. The maximum atomic E-state index is 10.5. The molecular weight excluding hydrogens is 204 g/mol. The van der Waals surface area contributed by atoms with Crippen LogP contribution in [0.15, 0.2) is 18.2 Å². The summed E-state index contributed by atoms with van der Waals surface area (Å²) < 4.78 is 0. The van der Waals surface area contributed by atoms with Gasteiger partial charge in [0.25, 0.3) is 0 Å². The molecule has 0 radical (unpaired) electrons. The van der Waals surface area contributed by atoms with Crippen molar-refractivity contribution < 1.29 is 19.8 Å². The standard InChI is InChI=1S/C9H8O4S/c10-8(11)3-1-2-6-4-5-7(14-6)9(12)13/h1-2,4-5H,3H2,(H,10,11)(H,12,13). The molecule has 1 heterocycles. The van der Waals surface area contributed by atoms with Gasteiger partial charge in [-0.05, 0) is 18.2 Å². The summed E-state index contributed by atoms with van der Waals surface area (Å²) in [4.78, 5) is 21.6. The number of aliphatic carboxylic acids is 1. The number of carboxylic acid groups (broad SMARTS) is 2. The van der Waals surface area contributed by atoms with Crippen LogP contribution < -0.4 is 0 Å². The first kappa shape index (κ1) is 10.5.